The first-order valence-corrected chi connectivity index (χ1v) is 7.32. The van der Waals surface area contributed by atoms with E-state index >= 15 is 0 Å². The largest absolute Gasteiger partial charge is 0.333 e. The van der Waals surface area contributed by atoms with Crippen LogP contribution in [0.25, 0.3) is 34.1 Å². The van der Waals surface area contributed by atoms with Crippen molar-refractivity contribution in [1.82, 2.24) is 20.3 Å². The van der Waals surface area contributed by atoms with E-state index < -0.39 is 0 Å². The van der Waals surface area contributed by atoms with Crippen LogP contribution in [-0.2, 0) is 0 Å². The highest BCUT2D eigenvalue weighted by atomic mass is 16.5. The number of H-pyrrole nitrogens is 1. The fourth-order valence-electron chi connectivity index (χ4n) is 2.54. The highest BCUT2D eigenvalue weighted by Crippen LogP contribution is 2.30. The molecule has 0 aliphatic carbocycles. The quantitative estimate of drug-likeness (QED) is 0.618. The highest BCUT2D eigenvalue weighted by molar-refractivity contribution is 5.76. The van der Waals surface area contributed by atoms with Gasteiger partial charge in [0.05, 0.1) is 17.5 Å². The predicted octanol–water partition coefficient (Wildman–Crippen LogP) is 4.10. The molecule has 112 valence electrons. The monoisotopic (exact) mass is 302 g/mol. The average Bonchev–Trinajstić information content (AvgIpc) is 3.25. The van der Waals surface area contributed by atoms with Crippen molar-refractivity contribution in [3.63, 3.8) is 0 Å². The lowest BCUT2D eigenvalue weighted by Crippen LogP contribution is -1.85. The van der Waals surface area contributed by atoms with Crippen LogP contribution in [-0.4, -0.2) is 20.3 Å². The van der Waals surface area contributed by atoms with Gasteiger partial charge in [0, 0.05) is 11.1 Å². The summed E-state index contributed by atoms with van der Waals surface area (Å²) in [4.78, 5) is 4.53. The summed E-state index contributed by atoms with van der Waals surface area (Å²) in [6.07, 6.45) is 1.71. The van der Waals surface area contributed by atoms with Crippen LogP contribution < -0.4 is 0 Å². The third-order valence-electron chi connectivity index (χ3n) is 3.74. The number of hydrogen-bond acceptors (Lipinski definition) is 4. The van der Waals surface area contributed by atoms with E-state index in [0.717, 1.165) is 27.9 Å². The Morgan fingerprint density at radius 2 is 1.70 bits per heavy atom. The molecule has 2 heterocycles. The summed E-state index contributed by atoms with van der Waals surface area (Å²) >= 11 is 0. The molecular weight excluding hydrogens is 288 g/mol. The molecule has 0 spiro atoms. The third-order valence-corrected chi connectivity index (χ3v) is 3.74. The van der Waals surface area contributed by atoms with Crippen molar-refractivity contribution < 1.29 is 4.52 Å². The van der Waals surface area contributed by atoms with Gasteiger partial charge in [-0.15, -0.1) is 0 Å². The molecule has 0 aliphatic heterocycles. The molecular formula is C18H14N4O. The van der Waals surface area contributed by atoms with Gasteiger partial charge in [-0.05, 0) is 12.5 Å². The Bertz CT molecular complexity index is 940. The number of aromatic nitrogens is 4. The fourth-order valence-corrected chi connectivity index (χ4v) is 2.54. The van der Waals surface area contributed by atoms with E-state index in [1.165, 1.54) is 0 Å². The zero-order valence-corrected chi connectivity index (χ0v) is 12.5. The number of hydrogen-bond donors (Lipinski definition) is 1. The molecule has 5 heteroatoms. The molecule has 0 saturated heterocycles. The lowest BCUT2D eigenvalue weighted by molar-refractivity contribution is 0.432. The number of aryl methyl sites for hydroxylation is 1. The van der Waals surface area contributed by atoms with Crippen molar-refractivity contribution in [2.75, 3.05) is 0 Å². The van der Waals surface area contributed by atoms with Crippen molar-refractivity contribution in [3.05, 3.63) is 66.4 Å². The van der Waals surface area contributed by atoms with Crippen LogP contribution in [0.15, 0.2) is 65.3 Å². The number of rotatable bonds is 3. The Hall–Kier alpha value is -3.21. The average molecular weight is 302 g/mol. The van der Waals surface area contributed by atoms with E-state index in [0.29, 0.717) is 11.7 Å². The maximum atomic E-state index is 5.46. The smallest absolute Gasteiger partial charge is 0.262 e. The van der Waals surface area contributed by atoms with Gasteiger partial charge >= 0.3 is 0 Å². The molecule has 1 N–H and O–H groups in total. The Balaban J connectivity index is 1.77. The molecule has 0 atom stereocenters. The minimum atomic E-state index is 0.454. The lowest BCUT2D eigenvalue weighted by atomic mass is 10.1. The number of benzene rings is 2. The summed E-state index contributed by atoms with van der Waals surface area (Å²) in [5.74, 6) is 1.04. The number of aromatic amines is 1. The number of nitrogens with one attached hydrogen (secondary N) is 1. The van der Waals surface area contributed by atoms with Gasteiger partial charge in [-0.2, -0.15) is 10.1 Å². The van der Waals surface area contributed by atoms with Crippen LogP contribution in [0.4, 0.5) is 0 Å². The minimum Gasteiger partial charge on any atom is -0.333 e. The Labute approximate surface area is 133 Å². The van der Waals surface area contributed by atoms with E-state index in [2.05, 4.69) is 20.3 Å². The van der Waals surface area contributed by atoms with Crippen molar-refractivity contribution in [1.29, 1.82) is 0 Å². The van der Waals surface area contributed by atoms with E-state index in [-0.39, 0.29) is 0 Å². The second kappa shape index (κ2) is 5.53. The van der Waals surface area contributed by atoms with Gasteiger partial charge in [-0.3, -0.25) is 5.10 Å². The van der Waals surface area contributed by atoms with Crippen molar-refractivity contribution in [3.8, 4) is 34.1 Å². The SMILES string of the molecule is Cc1ccccc1-c1noc(-c2cn[nH]c2-c2ccccc2)n1. The Morgan fingerprint density at radius 3 is 2.52 bits per heavy atom. The molecule has 0 aliphatic rings. The molecule has 2 aromatic carbocycles. The van der Waals surface area contributed by atoms with Crippen LogP contribution in [0.1, 0.15) is 5.56 Å². The summed E-state index contributed by atoms with van der Waals surface area (Å²) in [7, 11) is 0. The van der Waals surface area contributed by atoms with Crippen molar-refractivity contribution >= 4 is 0 Å². The van der Waals surface area contributed by atoms with E-state index in [4.69, 9.17) is 4.52 Å². The molecule has 0 radical (unpaired) electrons. The van der Waals surface area contributed by atoms with E-state index in [1.807, 2.05) is 61.5 Å². The van der Waals surface area contributed by atoms with Gasteiger partial charge < -0.3 is 4.52 Å². The first-order valence-electron chi connectivity index (χ1n) is 7.32. The normalized spacial score (nSPS) is 10.8. The molecule has 0 saturated carbocycles. The van der Waals surface area contributed by atoms with Crippen LogP contribution in [0.3, 0.4) is 0 Å². The molecule has 0 bridgehead atoms. The summed E-state index contributed by atoms with van der Waals surface area (Å²) < 4.78 is 5.46. The van der Waals surface area contributed by atoms with Crippen LogP contribution in [0, 0.1) is 6.92 Å². The third kappa shape index (κ3) is 2.42. The maximum Gasteiger partial charge on any atom is 0.262 e. The van der Waals surface area contributed by atoms with Crippen LogP contribution in [0.5, 0.6) is 0 Å². The van der Waals surface area contributed by atoms with Gasteiger partial charge in [0.1, 0.15) is 0 Å². The van der Waals surface area contributed by atoms with Gasteiger partial charge in [0.2, 0.25) is 5.82 Å². The zero-order valence-electron chi connectivity index (χ0n) is 12.5. The van der Waals surface area contributed by atoms with Gasteiger partial charge in [-0.25, -0.2) is 0 Å². The molecule has 0 unspecified atom stereocenters. The summed E-state index contributed by atoms with van der Waals surface area (Å²) in [6, 6.07) is 17.9. The predicted molar refractivity (Wildman–Crippen MR) is 87.5 cm³/mol. The summed E-state index contributed by atoms with van der Waals surface area (Å²) in [6.45, 7) is 2.03. The first-order chi connectivity index (χ1) is 11.3. The van der Waals surface area contributed by atoms with Crippen LogP contribution in [0.2, 0.25) is 0 Å². The molecule has 0 fully saturated rings. The summed E-state index contributed by atoms with van der Waals surface area (Å²) in [5, 5.41) is 11.2. The zero-order chi connectivity index (χ0) is 15.6. The van der Waals surface area contributed by atoms with Gasteiger partial charge in [0.25, 0.3) is 5.89 Å². The second-order valence-electron chi connectivity index (χ2n) is 5.26. The maximum absolute atomic E-state index is 5.46. The molecule has 2 aromatic heterocycles. The standard InChI is InChI=1S/C18H14N4O/c1-12-7-5-6-10-14(12)17-20-18(23-22-17)15-11-19-21-16(15)13-8-3-2-4-9-13/h2-11H,1H3,(H,19,21). The molecule has 5 nitrogen and oxygen atoms in total. The van der Waals surface area contributed by atoms with Gasteiger partial charge in [0.15, 0.2) is 0 Å². The highest BCUT2D eigenvalue weighted by Gasteiger charge is 2.17. The fraction of sp³-hybridized carbons (Fsp3) is 0.0556. The van der Waals surface area contributed by atoms with Gasteiger partial charge in [-0.1, -0.05) is 59.8 Å². The Morgan fingerprint density at radius 1 is 0.913 bits per heavy atom. The Kier molecular flexibility index (Phi) is 3.24. The van der Waals surface area contributed by atoms with E-state index in [9.17, 15) is 0 Å². The van der Waals surface area contributed by atoms with Crippen LogP contribution >= 0.6 is 0 Å². The minimum absolute atomic E-state index is 0.454. The van der Waals surface area contributed by atoms with Crippen molar-refractivity contribution in [2.45, 2.75) is 6.92 Å². The summed E-state index contributed by atoms with van der Waals surface area (Å²) in [5.41, 5.74) is 4.76. The van der Waals surface area contributed by atoms with E-state index in [1.54, 1.807) is 6.20 Å². The topological polar surface area (TPSA) is 67.6 Å². The molecule has 4 rings (SSSR count). The molecule has 4 aromatic rings. The lowest BCUT2D eigenvalue weighted by Gasteiger charge is -1.99. The number of nitrogens with zero attached hydrogens (tertiary/aromatic N) is 3. The van der Waals surface area contributed by atoms with Crippen molar-refractivity contribution in [2.24, 2.45) is 0 Å². The molecule has 23 heavy (non-hydrogen) atoms. The molecule has 0 amide bonds. The second-order valence-corrected chi connectivity index (χ2v) is 5.26. The first kappa shape index (κ1) is 13.5.